The third-order valence-corrected chi connectivity index (χ3v) is 3.90. The van der Waals surface area contributed by atoms with Crippen molar-refractivity contribution in [1.29, 1.82) is 0 Å². The van der Waals surface area contributed by atoms with Gasteiger partial charge in [0.15, 0.2) is 0 Å². The van der Waals surface area contributed by atoms with Crippen molar-refractivity contribution in [2.45, 2.75) is 18.9 Å². The molecule has 0 aromatic rings. The Kier molecular flexibility index (Phi) is 9.20. The van der Waals surface area contributed by atoms with E-state index in [1.54, 1.807) is 11.8 Å². The predicted octanol–water partition coefficient (Wildman–Crippen LogP) is 0.214. The van der Waals surface area contributed by atoms with Gasteiger partial charge in [-0.2, -0.15) is 11.8 Å². The van der Waals surface area contributed by atoms with Crippen LogP contribution in [0.1, 0.15) is 12.8 Å². The summed E-state index contributed by atoms with van der Waals surface area (Å²) in [6.07, 6.45) is 3.18. The average molecular weight is 319 g/mol. The van der Waals surface area contributed by atoms with Crippen LogP contribution in [0.5, 0.6) is 0 Å². The Balaban J connectivity index is 2.12. The fraction of sp³-hybridized carbons (Fsp3) is 0.846. The van der Waals surface area contributed by atoms with Crippen LogP contribution in [-0.2, 0) is 9.53 Å². The number of thioether (sulfide) groups is 1. The minimum atomic E-state index is -0.993. The summed E-state index contributed by atoms with van der Waals surface area (Å²) in [4.78, 5) is 24.9. The first-order valence-electron chi connectivity index (χ1n) is 7.19. The lowest BCUT2D eigenvalue weighted by Crippen LogP contribution is -2.47. The number of carbonyl (C=O) groups is 2. The van der Waals surface area contributed by atoms with E-state index in [1.165, 1.54) is 0 Å². The van der Waals surface area contributed by atoms with E-state index in [9.17, 15) is 9.59 Å². The Bertz CT molecular complexity index is 325. The summed E-state index contributed by atoms with van der Waals surface area (Å²) in [5, 5.41) is 14.2. The smallest absolute Gasteiger partial charge is 0.326 e. The normalized spacial score (nSPS) is 17.2. The van der Waals surface area contributed by atoms with Crippen molar-refractivity contribution in [3.8, 4) is 0 Å². The molecule has 0 bridgehead atoms. The largest absolute Gasteiger partial charge is 0.480 e. The van der Waals surface area contributed by atoms with E-state index in [4.69, 9.17) is 9.84 Å². The summed E-state index contributed by atoms with van der Waals surface area (Å²) >= 11 is 1.56. The number of ether oxygens (including phenoxy) is 1. The second-order valence-corrected chi connectivity index (χ2v) is 5.87. The van der Waals surface area contributed by atoms with Crippen LogP contribution in [0.3, 0.4) is 0 Å². The Morgan fingerprint density at radius 1 is 1.38 bits per heavy atom. The first-order chi connectivity index (χ1) is 10.1. The number of hydrogen-bond donors (Lipinski definition) is 3. The molecule has 122 valence electrons. The first-order valence-corrected chi connectivity index (χ1v) is 8.59. The Hall–Kier alpha value is -0.990. The molecule has 0 aliphatic carbocycles. The van der Waals surface area contributed by atoms with Gasteiger partial charge in [0.05, 0.1) is 13.2 Å². The number of morpholine rings is 1. The monoisotopic (exact) mass is 319 g/mol. The highest BCUT2D eigenvalue weighted by molar-refractivity contribution is 7.98. The fourth-order valence-corrected chi connectivity index (χ4v) is 2.50. The van der Waals surface area contributed by atoms with E-state index in [0.29, 0.717) is 18.7 Å². The lowest BCUT2D eigenvalue weighted by atomic mass is 10.2. The molecular formula is C13H25N3O4S. The van der Waals surface area contributed by atoms with E-state index in [1.807, 2.05) is 6.26 Å². The van der Waals surface area contributed by atoms with Crippen LogP contribution in [0.2, 0.25) is 0 Å². The molecule has 1 atom stereocenters. The van der Waals surface area contributed by atoms with E-state index < -0.39 is 18.0 Å². The van der Waals surface area contributed by atoms with Crippen LogP contribution in [0.15, 0.2) is 0 Å². The van der Waals surface area contributed by atoms with E-state index >= 15 is 0 Å². The molecule has 0 aromatic carbocycles. The summed E-state index contributed by atoms with van der Waals surface area (Å²) < 4.78 is 5.26. The average Bonchev–Trinajstić information content (AvgIpc) is 2.48. The number of carboxylic acid groups (broad SMARTS) is 1. The second kappa shape index (κ2) is 10.7. The first kappa shape index (κ1) is 18.1. The van der Waals surface area contributed by atoms with Crippen molar-refractivity contribution in [3.05, 3.63) is 0 Å². The quantitative estimate of drug-likeness (QED) is 0.527. The van der Waals surface area contributed by atoms with E-state index in [2.05, 4.69) is 15.5 Å². The van der Waals surface area contributed by atoms with Crippen molar-refractivity contribution >= 4 is 23.8 Å². The van der Waals surface area contributed by atoms with Crippen molar-refractivity contribution < 1.29 is 19.4 Å². The van der Waals surface area contributed by atoms with Crippen LogP contribution >= 0.6 is 11.8 Å². The highest BCUT2D eigenvalue weighted by Crippen LogP contribution is 2.01. The molecule has 0 aromatic heterocycles. The molecule has 8 heteroatoms. The number of nitrogens with one attached hydrogen (secondary N) is 2. The van der Waals surface area contributed by atoms with Gasteiger partial charge in [-0.05, 0) is 31.4 Å². The third-order valence-electron chi connectivity index (χ3n) is 3.25. The molecule has 0 radical (unpaired) electrons. The maximum Gasteiger partial charge on any atom is 0.326 e. The van der Waals surface area contributed by atoms with Crippen LogP contribution in [0.4, 0.5) is 4.79 Å². The van der Waals surface area contributed by atoms with Gasteiger partial charge in [-0.3, -0.25) is 4.90 Å². The number of rotatable bonds is 9. The minimum Gasteiger partial charge on any atom is -0.480 e. The molecule has 0 saturated carbocycles. The summed E-state index contributed by atoms with van der Waals surface area (Å²) in [5.74, 6) is -0.290. The number of amides is 2. The number of carboxylic acids is 1. The summed E-state index contributed by atoms with van der Waals surface area (Å²) in [5.41, 5.74) is 0. The number of urea groups is 1. The van der Waals surface area contributed by atoms with E-state index in [0.717, 1.165) is 39.3 Å². The molecule has 1 saturated heterocycles. The zero-order valence-electron chi connectivity index (χ0n) is 12.5. The third kappa shape index (κ3) is 8.13. The van der Waals surface area contributed by atoms with Gasteiger partial charge in [0.1, 0.15) is 6.04 Å². The number of nitrogens with zero attached hydrogens (tertiary/aromatic N) is 1. The van der Waals surface area contributed by atoms with E-state index in [-0.39, 0.29) is 0 Å². The maximum atomic E-state index is 11.6. The van der Waals surface area contributed by atoms with Gasteiger partial charge in [0.25, 0.3) is 0 Å². The SMILES string of the molecule is CSCC[C@H](NC(=O)NCCCN1CCOCC1)C(=O)O. The summed E-state index contributed by atoms with van der Waals surface area (Å²) in [6.45, 7) is 4.85. The van der Waals surface area contributed by atoms with Crippen LogP contribution in [-0.4, -0.2) is 79.5 Å². The zero-order chi connectivity index (χ0) is 15.5. The highest BCUT2D eigenvalue weighted by Gasteiger charge is 2.19. The molecule has 7 nitrogen and oxygen atoms in total. The number of aliphatic carboxylic acids is 1. The van der Waals surface area contributed by atoms with Gasteiger partial charge < -0.3 is 20.5 Å². The maximum absolute atomic E-state index is 11.6. The standard InChI is InChI=1S/C13H25N3O4S/c1-21-10-3-11(12(17)18)15-13(19)14-4-2-5-16-6-8-20-9-7-16/h11H,2-10H2,1H3,(H,17,18)(H2,14,15,19)/t11-/m0/s1. The van der Waals surface area contributed by atoms with Crippen LogP contribution < -0.4 is 10.6 Å². The van der Waals surface area contributed by atoms with Crippen LogP contribution in [0, 0.1) is 0 Å². The fourth-order valence-electron chi connectivity index (χ4n) is 2.03. The molecule has 1 heterocycles. The molecule has 0 unspecified atom stereocenters. The molecule has 21 heavy (non-hydrogen) atoms. The molecule has 2 amide bonds. The summed E-state index contributed by atoms with van der Waals surface area (Å²) in [7, 11) is 0. The molecule has 1 aliphatic rings. The van der Waals surface area contributed by atoms with Gasteiger partial charge in [-0.25, -0.2) is 9.59 Å². The molecule has 0 spiro atoms. The molecule has 1 aliphatic heterocycles. The van der Waals surface area contributed by atoms with Gasteiger partial charge in [0.2, 0.25) is 0 Å². The van der Waals surface area contributed by atoms with Gasteiger partial charge in [-0.15, -0.1) is 0 Å². The second-order valence-electron chi connectivity index (χ2n) is 4.88. The lowest BCUT2D eigenvalue weighted by Gasteiger charge is -2.26. The topological polar surface area (TPSA) is 90.9 Å². The summed E-state index contributed by atoms with van der Waals surface area (Å²) in [6, 6.07) is -1.23. The Morgan fingerprint density at radius 2 is 2.10 bits per heavy atom. The molecular weight excluding hydrogens is 294 g/mol. The van der Waals surface area contributed by atoms with Gasteiger partial charge in [-0.1, -0.05) is 0 Å². The van der Waals surface area contributed by atoms with Crippen molar-refractivity contribution in [2.24, 2.45) is 0 Å². The van der Waals surface area contributed by atoms with Crippen molar-refractivity contribution in [2.75, 3.05) is 51.4 Å². The zero-order valence-corrected chi connectivity index (χ0v) is 13.3. The lowest BCUT2D eigenvalue weighted by molar-refractivity contribution is -0.139. The number of hydrogen-bond acceptors (Lipinski definition) is 5. The minimum absolute atomic E-state index is 0.412. The number of carbonyl (C=O) groups excluding carboxylic acids is 1. The van der Waals surface area contributed by atoms with Crippen molar-refractivity contribution in [3.63, 3.8) is 0 Å². The highest BCUT2D eigenvalue weighted by atomic mass is 32.2. The molecule has 1 rings (SSSR count). The molecule has 1 fully saturated rings. The Labute approximate surface area is 129 Å². The molecule has 3 N–H and O–H groups in total. The van der Waals surface area contributed by atoms with Gasteiger partial charge >= 0.3 is 12.0 Å². The predicted molar refractivity (Wildman–Crippen MR) is 82.8 cm³/mol. The Morgan fingerprint density at radius 3 is 2.71 bits per heavy atom. The van der Waals surface area contributed by atoms with Crippen molar-refractivity contribution in [1.82, 2.24) is 15.5 Å². The van der Waals surface area contributed by atoms with Crippen LogP contribution in [0.25, 0.3) is 0 Å². The van der Waals surface area contributed by atoms with Gasteiger partial charge in [0, 0.05) is 19.6 Å².